The number of imide groups is 1. The lowest BCUT2D eigenvalue weighted by Gasteiger charge is -2.32. The molecule has 1 aliphatic heterocycles. The first-order valence-corrected chi connectivity index (χ1v) is 10.8. The van der Waals surface area contributed by atoms with Gasteiger partial charge in [0.15, 0.2) is 5.58 Å². The number of fused-ring (bicyclic) bond motifs is 2. The minimum absolute atomic E-state index is 0.0866. The summed E-state index contributed by atoms with van der Waals surface area (Å²) in [7, 11) is 1.54. The van der Waals surface area contributed by atoms with Crippen molar-refractivity contribution in [3.05, 3.63) is 72.0 Å². The summed E-state index contributed by atoms with van der Waals surface area (Å²) in [4.78, 5) is 46.7. The minimum atomic E-state index is -1.18. The van der Waals surface area contributed by atoms with Crippen LogP contribution in [0.15, 0.2) is 59.5 Å². The Bertz CT molecular complexity index is 1430. The van der Waals surface area contributed by atoms with E-state index in [2.05, 4.69) is 20.6 Å². The number of amides is 4. The van der Waals surface area contributed by atoms with Gasteiger partial charge >= 0.3 is 6.03 Å². The summed E-state index contributed by atoms with van der Waals surface area (Å²) in [5.74, 6) is 1.42. The van der Waals surface area contributed by atoms with E-state index in [-0.39, 0.29) is 18.9 Å². The van der Waals surface area contributed by atoms with Crippen molar-refractivity contribution in [2.45, 2.75) is 19.0 Å². The quantitative estimate of drug-likeness (QED) is 0.393. The molecule has 4 heterocycles. The number of pyridine rings is 1. The number of ether oxygens (including phenoxy) is 1. The predicted molar refractivity (Wildman–Crippen MR) is 124 cm³/mol. The molecule has 5 rings (SSSR count). The first kappa shape index (κ1) is 22.1. The zero-order chi connectivity index (χ0) is 24.6. The molecule has 1 atom stereocenters. The fourth-order valence-corrected chi connectivity index (χ4v) is 4.22. The molecule has 0 unspecified atom stereocenters. The number of imidazole rings is 1. The van der Waals surface area contributed by atoms with E-state index in [0.717, 1.165) is 5.56 Å². The van der Waals surface area contributed by atoms with Crippen molar-refractivity contribution in [2.75, 3.05) is 13.7 Å². The summed E-state index contributed by atoms with van der Waals surface area (Å²) >= 11 is 0. The van der Waals surface area contributed by atoms with Crippen LogP contribution in [0.1, 0.15) is 28.6 Å². The number of hydrogen-bond acceptors (Lipinski definition) is 7. The molecule has 0 fully saturated rings. The van der Waals surface area contributed by atoms with E-state index >= 15 is 0 Å². The molecule has 0 saturated carbocycles. The molecule has 35 heavy (non-hydrogen) atoms. The van der Waals surface area contributed by atoms with E-state index in [4.69, 9.17) is 9.15 Å². The Morgan fingerprint density at radius 3 is 2.89 bits per heavy atom. The molecule has 11 heteroatoms. The number of methoxy groups -OCH3 is 1. The predicted octanol–water partition coefficient (Wildman–Crippen LogP) is 2.35. The molecule has 0 bridgehead atoms. The maximum Gasteiger partial charge on any atom is 0.322 e. The van der Waals surface area contributed by atoms with Gasteiger partial charge in [0.05, 0.1) is 13.7 Å². The molecule has 0 radical (unpaired) electrons. The van der Waals surface area contributed by atoms with Gasteiger partial charge in [0.1, 0.15) is 34.7 Å². The Labute approximate surface area is 199 Å². The van der Waals surface area contributed by atoms with Crippen LogP contribution >= 0.6 is 0 Å². The molecule has 0 aliphatic carbocycles. The van der Waals surface area contributed by atoms with E-state index < -0.39 is 11.6 Å². The molecular weight excluding hydrogens is 452 g/mol. The molecule has 0 saturated heterocycles. The third kappa shape index (κ3) is 4.07. The van der Waals surface area contributed by atoms with Gasteiger partial charge in [-0.3, -0.25) is 19.5 Å². The zero-order valence-corrected chi connectivity index (χ0v) is 19.0. The van der Waals surface area contributed by atoms with Crippen LogP contribution in [0.2, 0.25) is 0 Å². The molecule has 1 aromatic carbocycles. The summed E-state index contributed by atoms with van der Waals surface area (Å²) in [6.07, 6.45) is 5.35. The molecule has 4 amide bonds. The minimum Gasteiger partial charge on any atom is -0.497 e. The highest BCUT2D eigenvalue weighted by atomic mass is 16.5. The van der Waals surface area contributed by atoms with Crippen LogP contribution in [0.5, 0.6) is 5.75 Å². The summed E-state index contributed by atoms with van der Waals surface area (Å²) in [6, 6.07) is 9.90. The maximum atomic E-state index is 13.2. The molecular formula is C24H22N6O5. The van der Waals surface area contributed by atoms with Gasteiger partial charge < -0.3 is 19.4 Å². The zero-order valence-electron chi connectivity index (χ0n) is 19.0. The lowest BCUT2D eigenvalue weighted by molar-refractivity contribution is -0.108. The fourth-order valence-electron chi connectivity index (χ4n) is 4.22. The van der Waals surface area contributed by atoms with Gasteiger partial charge in [-0.15, -0.1) is 0 Å². The van der Waals surface area contributed by atoms with Gasteiger partial charge in [0, 0.05) is 30.6 Å². The first-order valence-electron chi connectivity index (χ1n) is 10.8. The van der Waals surface area contributed by atoms with E-state index in [9.17, 15) is 14.4 Å². The smallest absolute Gasteiger partial charge is 0.322 e. The lowest BCUT2D eigenvalue weighted by Crippen LogP contribution is -2.53. The van der Waals surface area contributed by atoms with E-state index in [1.165, 1.54) is 0 Å². The number of carbonyl (C=O) groups excluding carboxylic acids is 3. The largest absolute Gasteiger partial charge is 0.497 e. The van der Waals surface area contributed by atoms with Crippen molar-refractivity contribution in [3.8, 4) is 11.6 Å². The van der Waals surface area contributed by atoms with Crippen LogP contribution < -0.4 is 15.4 Å². The van der Waals surface area contributed by atoms with Crippen molar-refractivity contribution in [3.63, 3.8) is 0 Å². The number of furan rings is 1. The van der Waals surface area contributed by atoms with Gasteiger partial charge in [-0.1, -0.05) is 6.07 Å². The first-order chi connectivity index (χ1) is 16.9. The van der Waals surface area contributed by atoms with Crippen molar-refractivity contribution in [2.24, 2.45) is 0 Å². The topological polar surface area (TPSA) is 132 Å². The maximum absolute atomic E-state index is 13.2. The number of aromatic nitrogens is 3. The Morgan fingerprint density at radius 2 is 2.14 bits per heavy atom. The number of carbonyl (C=O) groups is 3. The Kier molecular flexibility index (Phi) is 5.44. The molecule has 3 aromatic heterocycles. The third-order valence-corrected chi connectivity index (χ3v) is 5.95. The van der Waals surface area contributed by atoms with E-state index in [0.29, 0.717) is 40.5 Å². The SMILES string of the molecule is COc1ccc2c(c1)C(=O)N(C[C@](C)(NC(=O)NC=O)c1cc3nc(-n4ccnc4)ccc3o1)C2. The van der Waals surface area contributed by atoms with Gasteiger partial charge in [-0.25, -0.2) is 14.8 Å². The molecule has 0 spiro atoms. The third-order valence-electron chi connectivity index (χ3n) is 5.95. The normalized spacial score (nSPS) is 14.5. The highest BCUT2D eigenvalue weighted by Crippen LogP contribution is 2.33. The standard InChI is InChI=1S/C24H22N6O5/c1-24(28-23(33)26-14-31,12-30-11-15-3-4-16(34-2)9-17(15)22(30)32)20-10-18-19(35-20)5-6-21(27-18)29-8-7-25-13-29/h3-10,13-14H,11-12H2,1-2H3,(H2,26,28,31,33)/t24-/m0/s1. The Hall–Kier alpha value is -4.67. The monoisotopic (exact) mass is 474 g/mol. The average Bonchev–Trinajstić information content (AvgIpc) is 3.58. The van der Waals surface area contributed by atoms with Crippen LogP contribution in [-0.4, -0.2) is 51.4 Å². The average molecular weight is 474 g/mol. The number of hydrogen-bond donors (Lipinski definition) is 2. The second-order valence-corrected chi connectivity index (χ2v) is 8.37. The van der Waals surface area contributed by atoms with Crippen molar-refractivity contribution in [1.29, 1.82) is 0 Å². The lowest BCUT2D eigenvalue weighted by atomic mass is 9.98. The number of rotatable bonds is 7. The summed E-state index contributed by atoms with van der Waals surface area (Å²) in [6.45, 7) is 2.17. The summed E-state index contributed by atoms with van der Waals surface area (Å²) in [5.41, 5.74) is 1.29. The Balaban J connectivity index is 1.49. The van der Waals surface area contributed by atoms with Crippen LogP contribution in [0.4, 0.5) is 4.79 Å². The molecule has 4 aromatic rings. The van der Waals surface area contributed by atoms with Crippen LogP contribution in [0.25, 0.3) is 16.9 Å². The molecule has 2 N–H and O–H groups in total. The van der Waals surface area contributed by atoms with Crippen molar-refractivity contribution in [1.82, 2.24) is 30.1 Å². The number of nitrogens with one attached hydrogen (secondary N) is 2. The molecule has 11 nitrogen and oxygen atoms in total. The number of benzene rings is 1. The Morgan fingerprint density at radius 1 is 1.29 bits per heavy atom. The van der Waals surface area contributed by atoms with Gasteiger partial charge in [0.2, 0.25) is 6.41 Å². The second-order valence-electron chi connectivity index (χ2n) is 8.37. The van der Waals surface area contributed by atoms with E-state index in [1.54, 1.807) is 72.6 Å². The van der Waals surface area contributed by atoms with Gasteiger partial charge in [0.25, 0.3) is 5.91 Å². The van der Waals surface area contributed by atoms with E-state index in [1.807, 2.05) is 6.07 Å². The number of urea groups is 1. The van der Waals surface area contributed by atoms with Gasteiger partial charge in [-0.05, 0) is 36.8 Å². The molecule has 1 aliphatic rings. The highest BCUT2D eigenvalue weighted by molar-refractivity contribution is 5.99. The summed E-state index contributed by atoms with van der Waals surface area (Å²) < 4.78 is 13.1. The summed E-state index contributed by atoms with van der Waals surface area (Å²) in [5, 5.41) is 4.86. The van der Waals surface area contributed by atoms with Gasteiger partial charge in [-0.2, -0.15) is 0 Å². The van der Waals surface area contributed by atoms with Crippen LogP contribution in [0, 0.1) is 0 Å². The van der Waals surface area contributed by atoms with Crippen molar-refractivity contribution >= 4 is 29.4 Å². The fraction of sp³-hybridized carbons (Fsp3) is 0.208. The highest BCUT2D eigenvalue weighted by Gasteiger charge is 2.39. The van der Waals surface area contributed by atoms with Crippen LogP contribution in [0.3, 0.4) is 0 Å². The molecule has 178 valence electrons. The van der Waals surface area contributed by atoms with Crippen molar-refractivity contribution < 1.29 is 23.5 Å². The number of nitrogens with zero attached hydrogens (tertiary/aromatic N) is 4. The van der Waals surface area contributed by atoms with Crippen LogP contribution in [-0.2, 0) is 16.9 Å². The second kappa shape index (κ2) is 8.60.